The highest BCUT2D eigenvalue weighted by Gasteiger charge is 2.27. The average Bonchev–Trinajstić information content (AvgIpc) is 2.32. The third-order valence-corrected chi connectivity index (χ3v) is 2.41. The number of ether oxygens (including phenoxy) is 2. The minimum absolute atomic E-state index is 0.413. The largest absolute Gasteiger partial charge is 0.467 e. The van der Waals surface area contributed by atoms with Crippen LogP contribution in [-0.4, -0.2) is 26.1 Å². The number of aryl methyl sites for hydroxylation is 1. The highest BCUT2D eigenvalue weighted by molar-refractivity contribution is 5.40. The van der Waals surface area contributed by atoms with Crippen molar-refractivity contribution in [3.63, 3.8) is 0 Å². The lowest BCUT2D eigenvalue weighted by Gasteiger charge is -2.15. The first-order valence-electron chi connectivity index (χ1n) is 6.00. The maximum absolute atomic E-state index is 11.9. The molecular formula is C13H18F3NO2. The zero-order valence-corrected chi connectivity index (χ0v) is 11.0. The first-order valence-corrected chi connectivity index (χ1v) is 6.00. The van der Waals surface area contributed by atoms with Gasteiger partial charge in [0.2, 0.25) is 0 Å². The van der Waals surface area contributed by atoms with Gasteiger partial charge in [0.25, 0.3) is 0 Å². The van der Waals surface area contributed by atoms with Gasteiger partial charge in [0, 0.05) is 12.1 Å². The fraction of sp³-hybridized carbons (Fsp3) is 0.538. The molecule has 0 heterocycles. The Morgan fingerprint density at radius 2 is 2.00 bits per heavy atom. The molecule has 0 unspecified atom stereocenters. The highest BCUT2D eigenvalue weighted by Crippen LogP contribution is 2.23. The molecule has 0 bridgehead atoms. The first-order chi connectivity index (χ1) is 8.94. The predicted octanol–water partition coefficient (Wildman–Crippen LogP) is 3.02. The topological polar surface area (TPSA) is 30.5 Å². The molecule has 1 rings (SSSR count). The number of nitrogens with one attached hydrogen (secondary N) is 1. The van der Waals surface area contributed by atoms with Gasteiger partial charge < -0.3 is 14.8 Å². The summed E-state index contributed by atoms with van der Waals surface area (Å²) in [5.74, 6) is 0.575. The summed E-state index contributed by atoms with van der Waals surface area (Å²) in [7, 11) is 0. The smallest absolute Gasteiger partial charge is 0.411 e. The van der Waals surface area contributed by atoms with Crippen molar-refractivity contribution in [1.29, 1.82) is 0 Å². The Morgan fingerprint density at radius 3 is 2.63 bits per heavy atom. The third-order valence-electron chi connectivity index (χ3n) is 2.41. The first kappa shape index (κ1) is 15.8. The molecule has 0 amide bonds. The van der Waals surface area contributed by atoms with E-state index < -0.39 is 19.6 Å². The van der Waals surface area contributed by atoms with Crippen LogP contribution >= 0.6 is 0 Å². The van der Waals surface area contributed by atoms with Crippen molar-refractivity contribution >= 4 is 0 Å². The van der Waals surface area contributed by atoms with Gasteiger partial charge in [-0.2, -0.15) is 13.2 Å². The highest BCUT2D eigenvalue weighted by atomic mass is 19.4. The van der Waals surface area contributed by atoms with Crippen molar-refractivity contribution in [2.24, 2.45) is 0 Å². The second kappa shape index (κ2) is 7.35. The van der Waals surface area contributed by atoms with Gasteiger partial charge in [-0.15, -0.1) is 0 Å². The molecule has 0 aliphatic carbocycles. The van der Waals surface area contributed by atoms with Crippen LogP contribution < -0.4 is 10.1 Å². The van der Waals surface area contributed by atoms with Gasteiger partial charge in [0.05, 0.1) is 0 Å². The number of rotatable bonds is 7. The zero-order valence-electron chi connectivity index (χ0n) is 11.0. The van der Waals surface area contributed by atoms with E-state index in [4.69, 9.17) is 4.74 Å². The molecule has 0 spiro atoms. The summed E-state index contributed by atoms with van der Waals surface area (Å²) in [4.78, 5) is 0. The fourth-order valence-corrected chi connectivity index (χ4v) is 1.58. The Balaban J connectivity index is 2.56. The standard InChI is InChI=1S/C13H18F3NO2/c1-3-17-7-11-6-4-5-10(2)12(11)19-9-18-8-13(14,15)16/h4-6,17H,3,7-9H2,1-2H3. The van der Waals surface area contributed by atoms with E-state index in [1.54, 1.807) is 0 Å². The second-order valence-corrected chi connectivity index (χ2v) is 4.07. The lowest BCUT2D eigenvalue weighted by atomic mass is 10.1. The molecule has 3 nitrogen and oxygen atoms in total. The van der Waals surface area contributed by atoms with E-state index in [1.165, 1.54) is 0 Å². The number of halogens is 3. The number of hydrogen-bond acceptors (Lipinski definition) is 3. The van der Waals surface area contributed by atoms with Crippen LogP contribution in [0.15, 0.2) is 18.2 Å². The minimum atomic E-state index is -4.33. The molecule has 0 atom stereocenters. The molecule has 0 radical (unpaired) electrons. The van der Waals surface area contributed by atoms with Gasteiger partial charge in [-0.3, -0.25) is 0 Å². The van der Waals surface area contributed by atoms with Gasteiger partial charge in [-0.05, 0) is 19.0 Å². The zero-order chi connectivity index (χ0) is 14.3. The maximum atomic E-state index is 11.9. The molecule has 19 heavy (non-hydrogen) atoms. The summed E-state index contributed by atoms with van der Waals surface area (Å²) < 4.78 is 45.5. The second-order valence-electron chi connectivity index (χ2n) is 4.07. The van der Waals surface area contributed by atoms with Gasteiger partial charge >= 0.3 is 6.18 Å². The summed E-state index contributed by atoms with van der Waals surface area (Å²) in [6.45, 7) is 3.51. The van der Waals surface area contributed by atoms with E-state index in [1.807, 2.05) is 32.0 Å². The average molecular weight is 277 g/mol. The summed E-state index contributed by atoms with van der Waals surface area (Å²) >= 11 is 0. The third kappa shape index (κ3) is 5.94. The summed E-state index contributed by atoms with van der Waals surface area (Å²) in [5.41, 5.74) is 1.77. The van der Waals surface area contributed by atoms with Crippen LogP contribution in [0, 0.1) is 6.92 Å². The molecule has 0 aliphatic heterocycles. The molecular weight excluding hydrogens is 259 g/mol. The molecule has 0 saturated heterocycles. The van der Waals surface area contributed by atoms with E-state index in [2.05, 4.69) is 10.1 Å². The number of alkyl halides is 3. The van der Waals surface area contributed by atoms with Gasteiger partial charge in [-0.25, -0.2) is 0 Å². The summed E-state index contributed by atoms with van der Waals surface area (Å²) in [6, 6.07) is 5.59. The molecule has 0 saturated carbocycles. The van der Waals surface area contributed by atoms with Crippen molar-refractivity contribution in [1.82, 2.24) is 5.32 Å². The van der Waals surface area contributed by atoms with Crippen LogP contribution in [-0.2, 0) is 11.3 Å². The van der Waals surface area contributed by atoms with Crippen molar-refractivity contribution in [3.05, 3.63) is 29.3 Å². The predicted molar refractivity (Wildman–Crippen MR) is 66.1 cm³/mol. The SMILES string of the molecule is CCNCc1cccc(C)c1OCOCC(F)(F)F. The number of hydrogen-bond donors (Lipinski definition) is 1. The quantitative estimate of drug-likeness (QED) is 0.614. The Morgan fingerprint density at radius 1 is 1.26 bits per heavy atom. The Kier molecular flexibility index (Phi) is 6.11. The Labute approximate surface area is 110 Å². The Bertz CT molecular complexity index is 394. The lowest BCUT2D eigenvalue weighted by Crippen LogP contribution is -2.20. The van der Waals surface area contributed by atoms with Gasteiger partial charge in [-0.1, -0.05) is 25.1 Å². The van der Waals surface area contributed by atoms with E-state index in [0.29, 0.717) is 12.3 Å². The van der Waals surface area contributed by atoms with Gasteiger partial charge in [0.15, 0.2) is 6.79 Å². The van der Waals surface area contributed by atoms with Crippen LogP contribution in [0.1, 0.15) is 18.1 Å². The molecule has 0 fully saturated rings. The van der Waals surface area contributed by atoms with Crippen LogP contribution in [0.3, 0.4) is 0 Å². The monoisotopic (exact) mass is 277 g/mol. The van der Waals surface area contributed by atoms with Crippen LogP contribution in [0.4, 0.5) is 13.2 Å². The number of benzene rings is 1. The molecule has 0 aromatic heterocycles. The van der Waals surface area contributed by atoms with Gasteiger partial charge in [0.1, 0.15) is 12.4 Å². The molecule has 108 valence electrons. The van der Waals surface area contributed by atoms with Crippen LogP contribution in [0.5, 0.6) is 5.75 Å². The Hall–Kier alpha value is -1.27. The lowest BCUT2D eigenvalue weighted by molar-refractivity contribution is -0.186. The fourth-order valence-electron chi connectivity index (χ4n) is 1.58. The van der Waals surface area contributed by atoms with E-state index in [9.17, 15) is 13.2 Å². The maximum Gasteiger partial charge on any atom is 0.411 e. The van der Waals surface area contributed by atoms with E-state index in [-0.39, 0.29) is 0 Å². The molecule has 0 aliphatic rings. The summed E-state index contributed by atoms with van der Waals surface area (Å²) in [6.07, 6.45) is -4.33. The minimum Gasteiger partial charge on any atom is -0.467 e. The molecule has 1 aromatic carbocycles. The van der Waals surface area contributed by atoms with Crippen molar-refractivity contribution in [2.75, 3.05) is 19.9 Å². The number of para-hydroxylation sites is 1. The van der Waals surface area contributed by atoms with Crippen molar-refractivity contribution < 1.29 is 22.6 Å². The van der Waals surface area contributed by atoms with Crippen molar-refractivity contribution in [2.45, 2.75) is 26.6 Å². The normalized spacial score (nSPS) is 11.6. The van der Waals surface area contributed by atoms with E-state index >= 15 is 0 Å². The molecule has 1 N–H and O–H groups in total. The molecule has 6 heteroatoms. The van der Waals surface area contributed by atoms with E-state index in [0.717, 1.165) is 17.7 Å². The summed E-state index contributed by atoms with van der Waals surface area (Å²) in [5, 5.41) is 3.15. The van der Waals surface area contributed by atoms with Crippen molar-refractivity contribution in [3.8, 4) is 5.75 Å². The molecule has 1 aromatic rings. The van der Waals surface area contributed by atoms with Crippen LogP contribution in [0.25, 0.3) is 0 Å². The van der Waals surface area contributed by atoms with Crippen LogP contribution in [0.2, 0.25) is 0 Å².